The molecule has 1 aliphatic heterocycles. The molecule has 1 heterocycles. The van der Waals surface area contributed by atoms with Crippen LogP contribution in [0.15, 0.2) is 4.99 Å². The summed E-state index contributed by atoms with van der Waals surface area (Å²) in [6.07, 6.45) is 1.28. The first-order chi connectivity index (χ1) is 11.4. The summed E-state index contributed by atoms with van der Waals surface area (Å²) >= 11 is 0. The molecule has 1 aliphatic rings. The van der Waals surface area contributed by atoms with Gasteiger partial charge < -0.3 is 20.1 Å². The summed E-state index contributed by atoms with van der Waals surface area (Å²) in [6, 6.07) is 0. The number of morpholine rings is 1. The number of nitrogens with one attached hydrogen (secondary N) is 2. The minimum Gasteiger partial charge on any atom is -0.379 e. The van der Waals surface area contributed by atoms with E-state index in [4.69, 9.17) is 9.47 Å². The zero-order valence-electron chi connectivity index (χ0n) is 16.5. The zero-order valence-corrected chi connectivity index (χ0v) is 16.5. The second-order valence-corrected chi connectivity index (χ2v) is 7.29. The molecule has 1 atom stereocenters. The highest BCUT2D eigenvalue weighted by Gasteiger charge is 2.28. The first kappa shape index (κ1) is 21.2. The van der Waals surface area contributed by atoms with Gasteiger partial charge >= 0.3 is 0 Å². The molecule has 0 aromatic heterocycles. The molecule has 6 nitrogen and oxygen atoms in total. The smallest absolute Gasteiger partial charge is 0.191 e. The Hall–Kier alpha value is -0.850. The van der Waals surface area contributed by atoms with Gasteiger partial charge in [0.25, 0.3) is 0 Å². The number of rotatable bonds is 9. The third-order valence-corrected chi connectivity index (χ3v) is 4.62. The molecule has 2 N–H and O–H groups in total. The SMILES string of the molecule is CCOC(CCNC(=NC)NCC(C)(C)N1CCOCC1)C(C)C. The summed E-state index contributed by atoms with van der Waals surface area (Å²) < 4.78 is 11.2. The second-order valence-electron chi connectivity index (χ2n) is 7.29. The first-order valence-corrected chi connectivity index (χ1v) is 9.29. The van der Waals surface area contributed by atoms with Crippen molar-refractivity contribution in [1.29, 1.82) is 0 Å². The van der Waals surface area contributed by atoms with Gasteiger partial charge in [0.1, 0.15) is 0 Å². The van der Waals surface area contributed by atoms with E-state index >= 15 is 0 Å². The zero-order chi connectivity index (χ0) is 18.0. The minimum atomic E-state index is 0.0766. The monoisotopic (exact) mass is 342 g/mol. The summed E-state index contributed by atoms with van der Waals surface area (Å²) in [6.45, 7) is 17.1. The van der Waals surface area contributed by atoms with Crippen molar-refractivity contribution in [3.63, 3.8) is 0 Å². The fourth-order valence-electron chi connectivity index (χ4n) is 2.96. The third-order valence-electron chi connectivity index (χ3n) is 4.62. The van der Waals surface area contributed by atoms with Crippen LogP contribution in [0.2, 0.25) is 0 Å². The van der Waals surface area contributed by atoms with Crippen molar-refractivity contribution in [3.8, 4) is 0 Å². The second kappa shape index (κ2) is 10.9. The standard InChI is InChI=1S/C18H38N4O2/c1-7-24-16(15(2)3)8-9-20-17(19-6)21-14-18(4,5)22-10-12-23-13-11-22/h15-16H,7-14H2,1-6H3,(H2,19,20,21). The van der Waals surface area contributed by atoms with Gasteiger partial charge in [0.2, 0.25) is 0 Å². The van der Waals surface area contributed by atoms with Crippen LogP contribution in [0.25, 0.3) is 0 Å². The lowest BCUT2D eigenvalue weighted by Gasteiger charge is -2.41. The lowest BCUT2D eigenvalue weighted by Crippen LogP contribution is -2.56. The van der Waals surface area contributed by atoms with Gasteiger partial charge in [0, 0.05) is 45.4 Å². The largest absolute Gasteiger partial charge is 0.379 e. The van der Waals surface area contributed by atoms with Gasteiger partial charge in [0.15, 0.2) is 5.96 Å². The highest BCUT2D eigenvalue weighted by Crippen LogP contribution is 2.15. The molecule has 1 saturated heterocycles. The van der Waals surface area contributed by atoms with Gasteiger partial charge in [-0.2, -0.15) is 0 Å². The quantitative estimate of drug-likeness (QED) is 0.493. The van der Waals surface area contributed by atoms with Crippen molar-refractivity contribution >= 4 is 5.96 Å². The molecule has 0 aromatic carbocycles. The molecule has 0 radical (unpaired) electrons. The molecule has 0 aliphatic carbocycles. The Bertz CT molecular complexity index is 366. The lowest BCUT2D eigenvalue weighted by atomic mass is 10.0. The van der Waals surface area contributed by atoms with Crippen LogP contribution in [0.4, 0.5) is 0 Å². The van der Waals surface area contributed by atoms with Crippen LogP contribution < -0.4 is 10.6 Å². The first-order valence-electron chi connectivity index (χ1n) is 9.29. The van der Waals surface area contributed by atoms with E-state index in [9.17, 15) is 0 Å². The van der Waals surface area contributed by atoms with Gasteiger partial charge in [-0.15, -0.1) is 0 Å². The van der Waals surface area contributed by atoms with E-state index in [2.05, 4.69) is 55.1 Å². The molecule has 0 spiro atoms. The van der Waals surface area contributed by atoms with Gasteiger partial charge in [-0.25, -0.2) is 0 Å². The van der Waals surface area contributed by atoms with Crippen molar-refractivity contribution in [2.45, 2.75) is 52.7 Å². The maximum absolute atomic E-state index is 5.79. The summed E-state index contributed by atoms with van der Waals surface area (Å²) in [7, 11) is 1.82. The van der Waals surface area contributed by atoms with E-state index in [1.165, 1.54) is 0 Å². The number of guanidine groups is 1. The fourth-order valence-corrected chi connectivity index (χ4v) is 2.96. The Balaban J connectivity index is 2.36. The van der Waals surface area contributed by atoms with Crippen LogP contribution in [0.3, 0.4) is 0 Å². The Morgan fingerprint density at radius 3 is 2.46 bits per heavy atom. The number of hydrogen-bond donors (Lipinski definition) is 2. The Morgan fingerprint density at radius 1 is 1.25 bits per heavy atom. The molecule has 0 saturated carbocycles. The van der Waals surface area contributed by atoms with E-state index in [0.717, 1.165) is 58.4 Å². The third kappa shape index (κ3) is 7.36. The Morgan fingerprint density at radius 2 is 1.92 bits per heavy atom. The van der Waals surface area contributed by atoms with Crippen LogP contribution in [-0.2, 0) is 9.47 Å². The van der Waals surface area contributed by atoms with E-state index in [-0.39, 0.29) is 5.54 Å². The average Bonchev–Trinajstić information content (AvgIpc) is 2.57. The summed E-state index contributed by atoms with van der Waals surface area (Å²) in [5.41, 5.74) is 0.0766. The van der Waals surface area contributed by atoms with Crippen molar-refractivity contribution in [2.75, 3.05) is 53.0 Å². The maximum Gasteiger partial charge on any atom is 0.191 e. The van der Waals surface area contributed by atoms with E-state index < -0.39 is 0 Å². The minimum absolute atomic E-state index is 0.0766. The van der Waals surface area contributed by atoms with Gasteiger partial charge in [-0.1, -0.05) is 13.8 Å². The molecule has 6 heteroatoms. The molecule has 142 valence electrons. The van der Waals surface area contributed by atoms with Crippen LogP contribution in [0.1, 0.15) is 41.0 Å². The van der Waals surface area contributed by atoms with Crippen LogP contribution in [-0.4, -0.2) is 75.5 Å². The van der Waals surface area contributed by atoms with E-state index in [1.807, 2.05) is 7.05 Å². The molecule has 0 bridgehead atoms. The normalized spacial score (nSPS) is 18.7. The molecule has 1 unspecified atom stereocenters. The fraction of sp³-hybridized carbons (Fsp3) is 0.944. The highest BCUT2D eigenvalue weighted by molar-refractivity contribution is 5.79. The van der Waals surface area contributed by atoms with Gasteiger partial charge in [0.05, 0.1) is 19.3 Å². The Labute approximate surface area is 148 Å². The molecule has 0 aromatic rings. The van der Waals surface area contributed by atoms with Crippen LogP contribution in [0.5, 0.6) is 0 Å². The summed E-state index contributed by atoms with van der Waals surface area (Å²) in [5, 5.41) is 6.86. The molecule has 1 fully saturated rings. The molecule has 0 amide bonds. The predicted octanol–water partition coefficient (Wildman–Crippen LogP) is 1.71. The van der Waals surface area contributed by atoms with Crippen molar-refractivity contribution in [3.05, 3.63) is 0 Å². The summed E-state index contributed by atoms with van der Waals surface area (Å²) in [4.78, 5) is 6.81. The van der Waals surface area contributed by atoms with E-state index in [1.54, 1.807) is 0 Å². The highest BCUT2D eigenvalue weighted by atomic mass is 16.5. The van der Waals surface area contributed by atoms with Crippen molar-refractivity contribution in [1.82, 2.24) is 15.5 Å². The topological polar surface area (TPSA) is 58.1 Å². The van der Waals surface area contributed by atoms with E-state index in [0.29, 0.717) is 12.0 Å². The lowest BCUT2D eigenvalue weighted by molar-refractivity contribution is -0.00835. The number of nitrogens with zero attached hydrogens (tertiary/aromatic N) is 2. The molecular formula is C18H38N4O2. The van der Waals surface area contributed by atoms with Gasteiger partial charge in [-0.05, 0) is 33.1 Å². The van der Waals surface area contributed by atoms with Crippen molar-refractivity contribution < 1.29 is 9.47 Å². The molecule has 1 rings (SSSR count). The van der Waals surface area contributed by atoms with Gasteiger partial charge in [-0.3, -0.25) is 9.89 Å². The van der Waals surface area contributed by atoms with Crippen LogP contribution in [0, 0.1) is 5.92 Å². The number of ether oxygens (including phenoxy) is 2. The average molecular weight is 343 g/mol. The predicted molar refractivity (Wildman–Crippen MR) is 101 cm³/mol. The molecule has 24 heavy (non-hydrogen) atoms. The Kier molecular flexibility index (Phi) is 9.63. The number of aliphatic imine (C=N–C) groups is 1. The van der Waals surface area contributed by atoms with Crippen molar-refractivity contribution in [2.24, 2.45) is 10.9 Å². The maximum atomic E-state index is 5.79. The summed E-state index contributed by atoms with van der Waals surface area (Å²) in [5.74, 6) is 1.39. The number of hydrogen-bond acceptors (Lipinski definition) is 4. The van der Waals surface area contributed by atoms with Crippen LogP contribution >= 0.6 is 0 Å². The molecular weight excluding hydrogens is 304 g/mol.